The fraction of sp³-hybridized carbons (Fsp3) is 0.125. The van der Waals surface area contributed by atoms with Gasteiger partial charge >= 0.3 is 0 Å². The van der Waals surface area contributed by atoms with Gasteiger partial charge in [0.05, 0.1) is 11.4 Å². The number of pyridine rings is 1. The van der Waals surface area contributed by atoms with Crippen molar-refractivity contribution in [2.75, 3.05) is 5.32 Å². The molecular formula is C24H21FN4O. The number of anilines is 1. The first-order valence-corrected chi connectivity index (χ1v) is 9.73. The van der Waals surface area contributed by atoms with Crippen LogP contribution in [0.15, 0.2) is 73.1 Å². The van der Waals surface area contributed by atoms with Crippen molar-refractivity contribution in [2.24, 2.45) is 0 Å². The fourth-order valence-electron chi connectivity index (χ4n) is 3.37. The number of nitrogens with zero attached hydrogens (tertiary/aromatic N) is 3. The van der Waals surface area contributed by atoms with E-state index >= 15 is 0 Å². The predicted molar refractivity (Wildman–Crippen MR) is 115 cm³/mol. The molecule has 0 saturated heterocycles. The number of nitrogens with one attached hydrogen (secondary N) is 1. The first kappa shape index (κ1) is 19.5. The third-order valence-corrected chi connectivity index (χ3v) is 4.95. The highest BCUT2D eigenvalue weighted by Gasteiger charge is 2.18. The van der Waals surface area contributed by atoms with E-state index in [4.69, 9.17) is 0 Å². The number of carbonyl (C=O) groups is 1. The van der Waals surface area contributed by atoms with E-state index in [-0.39, 0.29) is 17.4 Å². The van der Waals surface area contributed by atoms with Gasteiger partial charge in [-0.1, -0.05) is 25.1 Å². The Bertz CT molecular complexity index is 1180. The summed E-state index contributed by atoms with van der Waals surface area (Å²) in [5, 5.41) is 7.53. The van der Waals surface area contributed by atoms with Crippen LogP contribution in [-0.4, -0.2) is 20.7 Å². The molecule has 6 heteroatoms. The van der Waals surface area contributed by atoms with E-state index in [1.807, 2.05) is 44.2 Å². The van der Waals surface area contributed by atoms with Gasteiger partial charge in [0.15, 0.2) is 5.69 Å². The highest BCUT2D eigenvalue weighted by Crippen LogP contribution is 2.26. The zero-order valence-electron chi connectivity index (χ0n) is 16.8. The van der Waals surface area contributed by atoms with Crippen molar-refractivity contribution in [3.05, 3.63) is 95.7 Å². The first-order valence-electron chi connectivity index (χ1n) is 9.73. The van der Waals surface area contributed by atoms with Crippen LogP contribution in [0.25, 0.3) is 16.9 Å². The van der Waals surface area contributed by atoms with Crippen LogP contribution in [0.1, 0.15) is 28.5 Å². The lowest BCUT2D eigenvalue weighted by Gasteiger charge is -2.12. The Balaban J connectivity index is 1.76. The average molecular weight is 400 g/mol. The van der Waals surface area contributed by atoms with Crippen LogP contribution in [-0.2, 0) is 6.42 Å². The maximum atomic E-state index is 13.4. The number of para-hydroxylation sites is 1. The number of benzene rings is 2. The molecule has 150 valence electrons. The van der Waals surface area contributed by atoms with Crippen molar-refractivity contribution in [1.82, 2.24) is 14.8 Å². The molecule has 0 saturated carbocycles. The van der Waals surface area contributed by atoms with Crippen LogP contribution < -0.4 is 5.32 Å². The van der Waals surface area contributed by atoms with Crippen molar-refractivity contribution in [3.63, 3.8) is 0 Å². The molecule has 0 fully saturated rings. The van der Waals surface area contributed by atoms with Crippen molar-refractivity contribution >= 4 is 11.6 Å². The third-order valence-electron chi connectivity index (χ3n) is 4.95. The van der Waals surface area contributed by atoms with E-state index < -0.39 is 0 Å². The number of carbonyl (C=O) groups excluding carboxylic acids is 1. The Morgan fingerprint density at radius 2 is 1.90 bits per heavy atom. The fourth-order valence-corrected chi connectivity index (χ4v) is 3.37. The summed E-state index contributed by atoms with van der Waals surface area (Å²) < 4.78 is 15.0. The maximum Gasteiger partial charge on any atom is 0.276 e. The molecule has 4 rings (SSSR count). The summed E-state index contributed by atoms with van der Waals surface area (Å²) in [5.74, 6) is -0.636. The number of hydrogen-bond donors (Lipinski definition) is 1. The van der Waals surface area contributed by atoms with E-state index in [1.165, 1.54) is 12.1 Å². The van der Waals surface area contributed by atoms with Gasteiger partial charge in [0.2, 0.25) is 0 Å². The Labute approximate surface area is 174 Å². The van der Waals surface area contributed by atoms with Gasteiger partial charge in [-0.05, 0) is 66.9 Å². The largest absolute Gasteiger partial charge is 0.320 e. The lowest BCUT2D eigenvalue weighted by atomic mass is 10.1. The minimum Gasteiger partial charge on any atom is -0.320 e. The molecule has 4 aromatic rings. The SMILES string of the molecule is CCc1cccc(C)c1NC(=O)c1cc(-c2cccnc2)n(-c2ccc(F)cc2)n1. The summed E-state index contributed by atoms with van der Waals surface area (Å²) >= 11 is 0. The molecule has 0 aliphatic heterocycles. The summed E-state index contributed by atoms with van der Waals surface area (Å²) in [4.78, 5) is 17.2. The standard InChI is InChI=1S/C24H21FN4O/c1-3-17-7-4-6-16(2)23(17)27-24(30)21-14-22(18-8-5-13-26-15-18)29(28-21)20-11-9-19(25)10-12-20/h4-15H,3H2,1-2H3,(H,27,30). The summed E-state index contributed by atoms with van der Waals surface area (Å²) in [6.07, 6.45) is 4.19. The summed E-state index contributed by atoms with van der Waals surface area (Å²) in [6, 6.07) is 17.4. The Morgan fingerprint density at radius 3 is 2.60 bits per heavy atom. The van der Waals surface area contributed by atoms with Crippen LogP contribution in [0.4, 0.5) is 10.1 Å². The number of halogens is 1. The third kappa shape index (κ3) is 3.85. The molecule has 0 spiro atoms. The molecule has 5 nitrogen and oxygen atoms in total. The van der Waals surface area contributed by atoms with Crippen molar-refractivity contribution in [2.45, 2.75) is 20.3 Å². The topological polar surface area (TPSA) is 59.8 Å². The van der Waals surface area contributed by atoms with Crippen molar-refractivity contribution in [1.29, 1.82) is 0 Å². The average Bonchev–Trinajstić information content (AvgIpc) is 3.22. The predicted octanol–water partition coefficient (Wildman–Crippen LogP) is 5.20. The smallest absolute Gasteiger partial charge is 0.276 e. The van der Waals surface area contributed by atoms with Crippen molar-refractivity contribution in [3.8, 4) is 16.9 Å². The molecule has 2 aromatic heterocycles. The van der Waals surface area contributed by atoms with Gasteiger partial charge in [-0.3, -0.25) is 9.78 Å². The zero-order valence-corrected chi connectivity index (χ0v) is 16.8. The molecule has 0 bridgehead atoms. The summed E-state index contributed by atoms with van der Waals surface area (Å²) in [6.45, 7) is 4.02. The Hall–Kier alpha value is -3.80. The second-order valence-electron chi connectivity index (χ2n) is 6.96. The first-order chi connectivity index (χ1) is 14.6. The molecule has 0 unspecified atom stereocenters. The van der Waals surface area contributed by atoms with E-state index in [9.17, 15) is 9.18 Å². The highest BCUT2D eigenvalue weighted by atomic mass is 19.1. The summed E-state index contributed by atoms with van der Waals surface area (Å²) in [5.41, 5.74) is 5.29. The van der Waals surface area contributed by atoms with Gasteiger partial charge < -0.3 is 5.32 Å². The molecular weight excluding hydrogens is 379 g/mol. The van der Waals surface area contributed by atoms with Gasteiger partial charge in [-0.25, -0.2) is 9.07 Å². The molecule has 0 atom stereocenters. The van der Waals surface area contributed by atoms with Crippen LogP contribution in [0.5, 0.6) is 0 Å². The lowest BCUT2D eigenvalue weighted by molar-refractivity contribution is 0.102. The van der Waals surface area contributed by atoms with Gasteiger partial charge in [0.1, 0.15) is 5.82 Å². The molecule has 2 aromatic carbocycles. The quantitative estimate of drug-likeness (QED) is 0.501. The van der Waals surface area contributed by atoms with Gasteiger partial charge in [0, 0.05) is 23.6 Å². The normalized spacial score (nSPS) is 10.8. The molecule has 0 aliphatic carbocycles. The van der Waals surface area contributed by atoms with Gasteiger partial charge in [-0.2, -0.15) is 5.10 Å². The number of hydrogen-bond acceptors (Lipinski definition) is 3. The molecule has 0 radical (unpaired) electrons. The highest BCUT2D eigenvalue weighted by molar-refractivity contribution is 6.04. The van der Waals surface area contributed by atoms with Crippen LogP contribution in [0, 0.1) is 12.7 Å². The van der Waals surface area contributed by atoms with E-state index in [0.717, 1.165) is 28.8 Å². The maximum absolute atomic E-state index is 13.4. The van der Waals surface area contributed by atoms with Crippen LogP contribution >= 0.6 is 0 Å². The number of aryl methyl sites for hydroxylation is 2. The molecule has 30 heavy (non-hydrogen) atoms. The van der Waals surface area contributed by atoms with Crippen LogP contribution in [0.2, 0.25) is 0 Å². The van der Waals surface area contributed by atoms with E-state index in [2.05, 4.69) is 15.4 Å². The summed E-state index contributed by atoms with van der Waals surface area (Å²) in [7, 11) is 0. The van der Waals surface area contributed by atoms with E-state index in [0.29, 0.717) is 11.4 Å². The van der Waals surface area contributed by atoms with Gasteiger partial charge in [0.25, 0.3) is 5.91 Å². The number of aromatic nitrogens is 3. The number of amides is 1. The zero-order chi connectivity index (χ0) is 21.1. The molecule has 0 aliphatic rings. The number of rotatable bonds is 5. The van der Waals surface area contributed by atoms with Crippen LogP contribution in [0.3, 0.4) is 0 Å². The Kier molecular flexibility index (Phi) is 5.39. The Morgan fingerprint density at radius 1 is 1.10 bits per heavy atom. The molecule has 1 amide bonds. The minimum atomic E-state index is -0.335. The molecule has 2 heterocycles. The van der Waals surface area contributed by atoms with Gasteiger partial charge in [-0.15, -0.1) is 0 Å². The second kappa shape index (κ2) is 8.29. The second-order valence-corrected chi connectivity index (χ2v) is 6.96. The van der Waals surface area contributed by atoms with E-state index in [1.54, 1.807) is 35.3 Å². The van der Waals surface area contributed by atoms with Crippen molar-refractivity contribution < 1.29 is 9.18 Å². The monoisotopic (exact) mass is 400 g/mol. The molecule has 1 N–H and O–H groups in total. The lowest BCUT2D eigenvalue weighted by Crippen LogP contribution is -2.15. The minimum absolute atomic E-state index is 0.267.